The molecule has 0 unspecified atom stereocenters. The first-order valence-corrected chi connectivity index (χ1v) is 9.13. The standard InChI is InChI=1S/C20H26FN5/c1-22-20(23-10-9-16-5-4-6-18(21)13-16)25-15-17-7-8-19(24-14-17)26-11-2-3-12-26/h4-8,13-14H,2-3,9-12,15H2,1H3,(H2,22,23,25). The Balaban J connectivity index is 1.43. The molecule has 2 heterocycles. The Bertz CT molecular complexity index is 723. The largest absolute Gasteiger partial charge is 0.357 e. The van der Waals surface area contributed by atoms with Gasteiger partial charge in [0.05, 0.1) is 0 Å². The van der Waals surface area contributed by atoms with Gasteiger partial charge in [-0.25, -0.2) is 9.37 Å². The van der Waals surface area contributed by atoms with Gasteiger partial charge in [-0.1, -0.05) is 18.2 Å². The summed E-state index contributed by atoms with van der Waals surface area (Å²) in [5.41, 5.74) is 2.08. The lowest BCUT2D eigenvalue weighted by Crippen LogP contribution is -2.37. The number of nitrogens with one attached hydrogen (secondary N) is 2. The molecule has 0 atom stereocenters. The fourth-order valence-corrected chi connectivity index (χ4v) is 3.08. The SMILES string of the molecule is CN=C(NCCc1cccc(F)c1)NCc1ccc(N2CCCC2)nc1. The average Bonchev–Trinajstić information content (AvgIpc) is 3.20. The van der Waals surface area contributed by atoms with Crippen molar-refractivity contribution in [3.8, 4) is 0 Å². The van der Waals surface area contributed by atoms with Gasteiger partial charge < -0.3 is 15.5 Å². The monoisotopic (exact) mass is 355 g/mol. The molecule has 0 aliphatic carbocycles. The fourth-order valence-electron chi connectivity index (χ4n) is 3.08. The summed E-state index contributed by atoms with van der Waals surface area (Å²) in [5, 5.41) is 6.54. The lowest BCUT2D eigenvalue weighted by molar-refractivity contribution is 0.625. The summed E-state index contributed by atoms with van der Waals surface area (Å²) in [7, 11) is 1.74. The van der Waals surface area contributed by atoms with Crippen LogP contribution in [-0.4, -0.2) is 37.6 Å². The van der Waals surface area contributed by atoms with E-state index in [0.29, 0.717) is 13.1 Å². The normalized spacial score (nSPS) is 14.5. The number of anilines is 1. The van der Waals surface area contributed by atoms with Crippen molar-refractivity contribution in [3.63, 3.8) is 0 Å². The third-order valence-corrected chi connectivity index (χ3v) is 4.52. The third-order valence-electron chi connectivity index (χ3n) is 4.52. The molecule has 138 valence electrons. The maximum absolute atomic E-state index is 13.2. The molecule has 0 saturated carbocycles. The predicted octanol–water partition coefficient (Wildman–Crippen LogP) is 2.73. The molecule has 2 N–H and O–H groups in total. The number of rotatable bonds is 6. The van der Waals surface area contributed by atoms with Gasteiger partial charge in [0.2, 0.25) is 0 Å². The number of hydrogen-bond acceptors (Lipinski definition) is 3. The molecule has 1 aliphatic rings. The van der Waals surface area contributed by atoms with E-state index in [1.807, 2.05) is 12.3 Å². The molecule has 1 aromatic carbocycles. The Hall–Kier alpha value is -2.63. The van der Waals surface area contributed by atoms with E-state index in [9.17, 15) is 4.39 Å². The van der Waals surface area contributed by atoms with Crippen LogP contribution in [0.1, 0.15) is 24.0 Å². The number of aliphatic imine (C=N–C) groups is 1. The highest BCUT2D eigenvalue weighted by Crippen LogP contribution is 2.17. The molecule has 0 bridgehead atoms. The van der Waals surface area contributed by atoms with Crippen LogP contribution < -0.4 is 15.5 Å². The van der Waals surface area contributed by atoms with Crippen molar-refractivity contribution in [2.45, 2.75) is 25.8 Å². The van der Waals surface area contributed by atoms with E-state index in [-0.39, 0.29) is 5.82 Å². The van der Waals surface area contributed by atoms with Crippen LogP contribution in [0.4, 0.5) is 10.2 Å². The first kappa shape index (κ1) is 18.2. The minimum atomic E-state index is -0.199. The summed E-state index contributed by atoms with van der Waals surface area (Å²) in [5.74, 6) is 1.59. The number of pyridine rings is 1. The van der Waals surface area contributed by atoms with Gasteiger partial charge in [-0.3, -0.25) is 4.99 Å². The highest BCUT2D eigenvalue weighted by molar-refractivity contribution is 5.79. The van der Waals surface area contributed by atoms with Gasteiger partial charge in [-0.2, -0.15) is 0 Å². The number of benzene rings is 1. The Morgan fingerprint density at radius 3 is 2.69 bits per heavy atom. The van der Waals surface area contributed by atoms with Crippen molar-refractivity contribution in [2.24, 2.45) is 4.99 Å². The molecule has 1 fully saturated rings. The van der Waals surface area contributed by atoms with E-state index < -0.39 is 0 Å². The fraction of sp³-hybridized carbons (Fsp3) is 0.400. The van der Waals surface area contributed by atoms with Crippen molar-refractivity contribution in [1.82, 2.24) is 15.6 Å². The van der Waals surface area contributed by atoms with E-state index in [2.05, 4.69) is 37.6 Å². The summed E-state index contributed by atoms with van der Waals surface area (Å²) in [4.78, 5) is 11.1. The molecule has 1 saturated heterocycles. The minimum Gasteiger partial charge on any atom is -0.357 e. The number of aromatic nitrogens is 1. The van der Waals surface area contributed by atoms with Crippen LogP contribution in [0.5, 0.6) is 0 Å². The van der Waals surface area contributed by atoms with Gasteiger partial charge in [0, 0.05) is 39.4 Å². The average molecular weight is 355 g/mol. The second kappa shape index (κ2) is 9.17. The lowest BCUT2D eigenvalue weighted by Gasteiger charge is -2.16. The van der Waals surface area contributed by atoms with E-state index in [4.69, 9.17) is 0 Å². The quantitative estimate of drug-likeness (QED) is 0.618. The molecule has 0 radical (unpaired) electrons. The summed E-state index contributed by atoms with van der Waals surface area (Å²) in [6.45, 7) is 3.56. The van der Waals surface area contributed by atoms with E-state index >= 15 is 0 Å². The molecule has 0 amide bonds. The van der Waals surface area contributed by atoms with E-state index in [1.54, 1.807) is 19.2 Å². The van der Waals surface area contributed by atoms with Gasteiger partial charge in [0.1, 0.15) is 11.6 Å². The Morgan fingerprint density at radius 1 is 1.15 bits per heavy atom. The first-order valence-electron chi connectivity index (χ1n) is 9.13. The molecule has 26 heavy (non-hydrogen) atoms. The van der Waals surface area contributed by atoms with Crippen LogP contribution in [0.3, 0.4) is 0 Å². The Morgan fingerprint density at radius 2 is 2.00 bits per heavy atom. The zero-order chi connectivity index (χ0) is 18.2. The Labute approximate surface area is 154 Å². The maximum atomic E-state index is 13.2. The number of nitrogens with zero attached hydrogens (tertiary/aromatic N) is 3. The van der Waals surface area contributed by atoms with Gasteiger partial charge in [0.15, 0.2) is 5.96 Å². The van der Waals surface area contributed by atoms with Crippen LogP contribution in [0.15, 0.2) is 47.6 Å². The van der Waals surface area contributed by atoms with Crippen molar-refractivity contribution >= 4 is 11.8 Å². The maximum Gasteiger partial charge on any atom is 0.191 e. The smallest absolute Gasteiger partial charge is 0.191 e. The van der Waals surface area contributed by atoms with Crippen LogP contribution in [0.2, 0.25) is 0 Å². The second-order valence-electron chi connectivity index (χ2n) is 6.45. The summed E-state index contributed by atoms with van der Waals surface area (Å²) in [6, 6.07) is 10.9. The predicted molar refractivity (Wildman–Crippen MR) is 104 cm³/mol. The van der Waals surface area contributed by atoms with Gasteiger partial charge in [0.25, 0.3) is 0 Å². The molecular weight excluding hydrogens is 329 g/mol. The molecule has 2 aromatic rings. The van der Waals surface area contributed by atoms with Crippen LogP contribution in [0.25, 0.3) is 0 Å². The van der Waals surface area contributed by atoms with Crippen LogP contribution in [-0.2, 0) is 13.0 Å². The zero-order valence-electron chi connectivity index (χ0n) is 15.2. The van der Waals surface area contributed by atoms with Gasteiger partial charge in [-0.05, 0) is 48.6 Å². The van der Waals surface area contributed by atoms with Crippen LogP contribution >= 0.6 is 0 Å². The van der Waals surface area contributed by atoms with Crippen LogP contribution in [0, 0.1) is 5.82 Å². The van der Waals surface area contributed by atoms with Crippen molar-refractivity contribution in [3.05, 3.63) is 59.5 Å². The second-order valence-corrected chi connectivity index (χ2v) is 6.45. The van der Waals surface area contributed by atoms with Crippen molar-refractivity contribution < 1.29 is 4.39 Å². The number of halogens is 1. The molecular formula is C20H26FN5. The minimum absolute atomic E-state index is 0.199. The number of guanidine groups is 1. The van der Waals surface area contributed by atoms with E-state index in [1.165, 1.54) is 18.9 Å². The van der Waals surface area contributed by atoms with Crippen molar-refractivity contribution in [2.75, 3.05) is 31.6 Å². The molecule has 1 aliphatic heterocycles. The zero-order valence-corrected chi connectivity index (χ0v) is 15.2. The number of hydrogen-bond donors (Lipinski definition) is 2. The van der Waals surface area contributed by atoms with E-state index in [0.717, 1.165) is 42.4 Å². The highest BCUT2D eigenvalue weighted by Gasteiger charge is 2.12. The molecule has 3 rings (SSSR count). The van der Waals surface area contributed by atoms with Gasteiger partial charge >= 0.3 is 0 Å². The van der Waals surface area contributed by atoms with Gasteiger partial charge in [-0.15, -0.1) is 0 Å². The summed E-state index contributed by atoms with van der Waals surface area (Å²) in [6.07, 6.45) is 5.16. The Kier molecular flexibility index (Phi) is 6.41. The van der Waals surface area contributed by atoms with Crippen molar-refractivity contribution in [1.29, 1.82) is 0 Å². The summed E-state index contributed by atoms with van der Waals surface area (Å²) >= 11 is 0. The highest BCUT2D eigenvalue weighted by atomic mass is 19.1. The summed E-state index contributed by atoms with van der Waals surface area (Å²) < 4.78 is 13.2. The molecule has 6 heteroatoms. The lowest BCUT2D eigenvalue weighted by atomic mass is 10.1. The first-order chi connectivity index (χ1) is 12.7. The molecule has 5 nitrogen and oxygen atoms in total. The third kappa shape index (κ3) is 5.18. The molecule has 1 aromatic heterocycles. The molecule has 0 spiro atoms. The topological polar surface area (TPSA) is 52.6 Å².